The number of carbonyl (C=O) groups excluding carboxylic acids is 1. The zero-order chi connectivity index (χ0) is 8.97. The zero-order valence-corrected chi connectivity index (χ0v) is 8.28. The van der Waals surface area contributed by atoms with Gasteiger partial charge < -0.3 is 0 Å². The average molecular weight is 201 g/mol. The van der Waals surface area contributed by atoms with E-state index in [1.54, 1.807) is 0 Å². The topological polar surface area (TPSA) is 17.1 Å². The highest BCUT2D eigenvalue weighted by atomic mass is 35.5. The second kappa shape index (κ2) is 4.43. The standard InChI is InChI=1S/C9H9ClOS/c1-2-7(6-11)5-8-3-4-12-9(8)10/h3-6H,2H2,1H3/b7-5-. The van der Waals surface area contributed by atoms with E-state index in [1.807, 2.05) is 24.4 Å². The average Bonchev–Trinajstić information content (AvgIpc) is 2.47. The van der Waals surface area contributed by atoms with E-state index >= 15 is 0 Å². The highest BCUT2D eigenvalue weighted by Gasteiger charge is 1.98. The third-order valence-electron chi connectivity index (χ3n) is 1.55. The molecule has 0 aliphatic carbocycles. The number of allylic oxidation sites excluding steroid dienone is 1. The summed E-state index contributed by atoms with van der Waals surface area (Å²) < 4.78 is 0.739. The van der Waals surface area contributed by atoms with E-state index in [-0.39, 0.29) is 0 Å². The third kappa shape index (κ3) is 2.19. The molecule has 1 aromatic rings. The molecule has 0 aliphatic rings. The molecule has 0 amide bonds. The number of aldehydes is 1. The van der Waals surface area contributed by atoms with Crippen LogP contribution in [0.15, 0.2) is 17.0 Å². The molecule has 1 heterocycles. The van der Waals surface area contributed by atoms with Crippen LogP contribution >= 0.6 is 22.9 Å². The van der Waals surface area contributed by atoms with Gasteiger partial charge in [0.2, 0.25) is 0 Å². The van der Waals surface area contributed by atoms with Gasteiger partial charge in [-0.3, -0.25) is 4.79 Å². The SMILES string of the molecule is CC/C(C=O)=C/c1ccsc1Cl. The van der Waals surface area contributed by atoms with Gasteiger partial charge in [-0.1, -0.05) is 18.5 Å². The van der Waals surface area contributed by atoms with E-state index in [9.17, 15) is 4.79 Å². The van der Waals surface area contributed by atoms with Crippen LogP contribution in [0.1, 0.15) is 18.9 Å². The number of hydrogen-bond donors (Lipinski definition) is 0. The van der Waals surface area contributed by atoms with Crippen molar-refractivity contribution in [1.29, 1.82) is 0 Å². The lowest BCUT2D eigenvalue weighted by molar-refractivity contribution is -0.104. The molecule has 0 bridgehead atoms. The Kier molecular flexibility index (Phi) is 3.50. The van der Waals surface area contributed by atoms with E-state index in [4.69, 9.17) is 11.6 Å². The van der Waals surface area contributed by atoms with Crippen molar-refractivity contribution in [3.63, 3.8) is 0 Å². The first kappa shape index (κ1) is 9.49. The first-order valence-electron chi connectivity index (χ1n) is 3.66. The van der Waals surface area contributed by atoms with Crippen LogP contribution in [0.5, 0.6) is 0 Å². The molecule has 3 heteroatoms. The van der Waals surface area contributed by atoms with Crippen LogP contribution in [-0.4, -0.2) is 6.29 Å². The molecular formula is C9H9ClOS. The maximum Gasteiger partial charge on any atom is 0.146 e. The zero-order valence-electron chi connectivity index (χ0n) is 6.71. The molecule has 0 radical (unpaired) electrons. The fourth-order valence-corrected chi connectivity index (χ4v) is 1.69. The molecule has 0 saturated carbocycles. The van der Waals surface area contributed by atoms with Crippen molar-refractivity contribution in [2.45, 2.75) is 13.3 Å². The Labute approximate surface area is 80.7 Å². The summed E-state index contributed by atoms with van der Waals surface area (Å²) >= 11 is 7.33. The molecule has 1 aromatic heterocycles. The molecule has 0 aromatic carbocycles. The van der Waals surface area contributed by atoms with Crippen LogP contribution in [0, 0.1) is 0 Å². The highest BCUT2D eigenvalue weighted by Crippen LogP contribution is 2.24. The summed E-state index contributed by atoms with van der Waals surface area (Å²) in [7, 11) is 0. The predicted molar refractivity (Wildman–Crippen MR) is 53.7 cm³/mol. The molecule has 1 rings (SSSR count). The van der Waals surface area contributed by atoms with Gasteiger partial charge >= 0.3 is 0 Å². The summed E-state index contributed by atoms with van der Waals surface area (Å²) in [6.45, 7) is 1.94. The van der Waals surface area contributed by atoms with Crippen LogP contribution in [0.3, 0.4) is 0 Å². The van der Waals surface area contributed by atoms with Crippen molar-refractivity contribution in [3.05, 3.63) is 26.9 Å². The largest absolute Gasteiger partial charge is 0.298 e. The summed E-state index contributed by atoms with van der Waals surface area (Å²) in [5.41, 5.74) is 1.71. The molecule has 0 atom stereocenters. The molecule has 0 unspecified atom stereocenters. The van der Waals surface area contributed by atoms with Crippen molar-refractivity contribution in [3.8, 4) is 0 Å². The first-order valence-corrected chi connectivity index (χ1v) is 4.92. The molecular weight excluding hydrogens is 192 g/mol. The number of hydrogen-bond acceptors (Lipinski definition) is 2. The van der Waals surface area contributed by atoms with Gasteiger partial charge in [0.25, 0.3) is 0 Å². The van der Waals surface area contributed by atoms with Crippen molar-refractivity contribution in [1.82, 2.24) is 0 Å². The predicted octanol–water partition coefficient (Wildman–Crippen LogP) is 3.39. The monoisotopic (exact) mass is 200 g/mol. The van der Waals surface area contributed by atoms with Crippen LogP contribution in [0.25, 0.3) is 6.08 Å². The third-order valence-corrected chi connectivity index (χ3v) is 2.75. The molecule has 64 valence electrons. The quantitative estimate of drug-likeness (QED) is 0.540. The molecule has 0 N–H and O–H groups in total. The Bertz CT molecular complexity index is 301. The second-order valence-electron chi connectivity index (χ2n) is 2.34. The summed E-state index contributed by atoms with van der Waals surface area (Å²) in [6.07, 6.45) is 3.44. The Morgan fingerprint density at radius 2 is 2.50 bits per heavy atom. The molecule has 1 nitrogen and oxygen atoms in total. The van der Waals surface area contributed by atoms with E-state index in [1.165, 1.54) is 11.3 Å². The lowest BCUT2D eigenvalue weighted by Gasteiger charge is -1.92. The first-order chi connectivity index (χ1) is 5.77. The van der Waals surface area contributed by atoms with Gasteiger partial charge in [-0.05, 0) is 29.5 Å². The van der Waals surface area contributed by atoms with Gasteiger partial charge in [-0.2, -0.15) is 0 Å². The van der Waals surface area contributed by atoms with E-state index in [0.29, 0.717) is 0 Å². The van der Waals surface area contributed by atoms with Crippen LogP contribution in [0.2, 0.25) is 4.34 Å². The van der Waals surface area contributed by atoms with Crippen molar-refractivity contribution < 1.29 is 4.79 Å². The van der Waals surface area contributed by atoms with E-state index in [0.717, 1.165) is 28.2 Å². The van der Waals surface area contributed by atoms with Crippen LogP contribution in [-0.2, 0) is 4.79 Å². The lowest BCUT2D eigenvalue weighted by atomic mass is 10.1. The Morgan fingerprint density at radius 1 is 1.75 bits per heavy atom. The fraction of sp³-hybridized carbons (Fsp3) is 0.222. The number of halogens is 1. The number of rotatable bonds is 3. The van der Waals surface area contributed by atoms with Gasteiger partial charge in [-0.15, -0.1) is 11.3 Å². The summed E-state index contributed by atoms with van der Waals surface area (Å²) in [5.74, 6) is 0. The highest BCUT2D eigenvalue weighted by molar-refractivity contribution is 7.14. The van der Waals surface area contributed by atoms with Crippen molar-refractivity contribution >= 4 is 35.3 Å². The summed E-state index contributed by atoms with van der Waals surface area (Å²) in [6, 6.07) is 1.91. The molecule has 0 saturated heterocycles. The normalized spacial score (nSPS) is 11.7. The smallest absolute Gasteiger partial charge is 0.146 e. The number of thiophene rings is 1. The van der Waals surface area contributed by atoms with Crippen LogP contribution in [0.4, 0.5) is 0 Å². The Morgan fingerprint density at radius 3 is 2.92 bits per heavy atom. The Hall–Kier alpha value is -0.600. The maximum atomic E-state index is 10.5. The molecule has 0 aliphatic heterocycles. The van der Waals surface area contributed by atoms with Gasteiger partial charge in [0.15, 0.2) is 0 Å². The summed E-state index contributed by atoms with van der Waals surface area (Å²) in [4.78, 5) is 10.5. The van der Waals surface area contributed by atoms with Gasteiger partial charge in [0.1, 0.15) is 10.6 Å². The lowest BCUT2D eigenvalue weighted by Crippen LogP contribution is -1.80. The fourth-order valence-electron chi connectivity index (χ4n) is 0.825. The molecule has 0 fully saturated rings. The minimum atomic E-state index is 0.739. The van der Waals surface area contributed by atoms with E-state index in [2.05, 4.69) is 0 Å². The van der Waals surface area contributed by atoms with Gasteiger partial charge in [-0.25, -0.2) is 0 Å². The maximum absolute atomic E-state index is 10.5. The van der Waals surface area contributed by atoms with E-state index < -0.39 is 0 Å². The van der Waals surface area contributed by atoms with Crippen molar-refractivity contribution in [2.75, 3.05) is 0 Å². The van der Waals surface area contributed by atoms with Gasteiger partial charge in [0.05, 0.1) is 0 Å². The van der Waals surface area contributed by atoms with Crippen molar-refractivity contribution in [2.24, 2.45) is 0 Å². The van der Waals surface area contributed by atoms with Gasteiger partial charge in [0, 0.05) is 5.56 Å². The second-order valence-corrected chi connectivity index (χ2v) is 3.86. The minimum absolute atomic E-state index is 0.739. The molecule has 0 spiro atoms. The number of carbonyl (C=O) groups is 1. The van der Waals surface area contributed by atoms with Crippen LogP contribution < -0.4 is 0 Å². The Balaban J connectivity index is 2.92. The minimum Gasteiger partial charge on any atom is -0.298 e. The summed E-state index contributed by atoms with van der Waals surface area (Å²) in [5, 5.41) is 1.91. The molecule has 12 heavy (non-hydrogen) atoms.